The van der Waals surface area contributed by atoms with E-state index in [1.54, 1.807) is 6.20 Å². The Balaban J connectivity index is 2.70. The van der Waals surface area contributed by atoms with Crippen LogP contribution in [-0.4, -0.2) is 26.0 Å². The van der Waals surface area contributed by atoms with E-state index < -0.39 is 5.97 Å². The van der Waals surface area contributed by atoms with Gasteiger partial charge in [0.1, 0.15) is 5.65 Å². The minimum absolute atomic E-state index is 0.186. The van der Waals surface area contributed by atoms with Crippen molar-refractivity contribution in [1.29, 1.82) is 0 Å². The zero-order valence-corrected chi connectivity index (χ0v) is 6.90. The molecule has 13 heavy (non-hydrogen) atoms. The van der Waals surface area contributed by atoms with Crippen molar-refractivity contribution in [3.05, 3.63) is 23.8 Å². The lowest BCUT2D eigenvalue weighted by atomic mass is 10.3. The van der Waals surface area contributed by atoms with E-state index in [2.05, 4.69) is 15.0 Å². The zero-order valence-electron chi connectivity index (χ0n) is 6.90. The monoisotopic (exact) mass is 177 g/mol. The van der Waals surface area contributed by atoms with Gasteiger partial charge in [-0.05, 0) is 12.5 Å². The molecule has 66 valence electrons. The van der Waals surface area contributed by atoms with Gasteiger partial charge in [0.15, 0.2) is 0 Å². The quantitative estimate of drug-likeness (QED) is 0.680. The second kappa shape index (κ2) is 2.55. The van der Waals surface area contributed by atoms with Gasteiger partial charge in [0.25, 0.3) is 0 Å². The number of fused-ring (bicyclic) bond motifs is 1. The number of nitrogens with zero attached hydrogens (tertiary/aromatic N) is 2. The highest BCUT2D eigenvalue weighted by atomic mass is 16.4. The van der Waals surface area contributed by atoms with Crippen molar-refractivity contribution in [2.45, 2.75) is 6.92 Å². The summed E-state index contributed by atoms with van der Waals surface area (Å²) in [5.41, 5.74) is 1.57. The second-order valence-electron chi connectivity index (χ2n) is 2.73. The fraction of sp³-hybridized carbons (Fsp3) is 0.125. The number of aromatic nitrogens is 3. The van der Waals surface area contributed by atoms with Crippen LogP contribution in [-0.2, 0) is 0 Å². The number of carbonyl (C=O) groups is 1. The Labute approximate surface area is 73.4 Å². The molecule has 0 unspecified atom stereocenters. The number of nitrogens with one attached hydrogen (secondary N) is 1. The van der Waals surface area contributed by atoms with Crippen LogP contribution in [0.15, 0.2) is 12.4 Å². The van der Waals surface area contributed by atoms with Gasteiger partial charge in [-0.3, -0.25) is 0 Å². The maximum absolute atomic E-state index is 10.5. The molecule has 5 nitrogen and oxygen atoms in total. The molecule has 0 aliphatic carbocycles. The van der Waals surface area contributed by atoms with E-state index in [1.807, 2.05) is 6.92 Å². The maximum Gasteiger partial charge on any atom is 0.374 e. The molecule has 0 saturated heterocycles. The summed E-state index contributed by atoms with van der Waals surface area (Å²) in [6.45, 7) is 1.91. The van der Waals surface area contributed by atoms with E-state index >= 15 is 0 Å². The summed E-state index contributed by atoms with van der Waals surface area (Å²) in [7, 11) is 0. The molecule has 0 aliphatic heterocycles. The average Bonchev–Trinajstić information content (AvgIpc) is 2.47. The molecular formula is C8H7N3O2. The summed E-state index contributed by atoms with van der Waals surface area (Å²) in [5, 5.41) is 9.46. The third-order valence-electron chi connectivity index (χ3n) is 1.83. The summed E-state index contributed by atoms with van der Waals surface area (Å²) < 4.78 is 0. The van der Waals surface area contributed by atoms with Crippen LogP contribution in [0.4, 0.5) is 0 Å². The summed E-state index contributed by atoms with van der Waals surface area (Å²) in [6.07, 6.45) is 3.28. The number of carboxylic acids is 1. The number of aryl methyl sites for hydroxylation is 1. The van der Waals surface area contributed by atoms with E-state index in [-0.39, 0.29) is 5.82 Å². The molecule has 2 rings (SSSR count). The van der Waals surface area contributed by atoms with Gasteiger partial charge in [-0.15, -0.1) is 0 Å². The van der Waals surface area contributed by atoms with Gasteiger partial charge in [-0.2, -0.15) is 0 Å². The summed E-state index contributed by atoms with van der Waals surface area (Å²) in [6, 6.07) is 0. The predicted molar refractivity (Wildman–Crippen MR) is 45.6 cm³/mol. The lowest BCUT2D eigenvalue weighted by molar-refractivity contribution is 0.0684. The minimum Gasteiger partial charge on any atom is -0.475 e. The predicted octanol–water partition coefficient (Wildman–Crippen LogP) is 0.965. The molecule has 0 aromatic carbocycles. The van der Waals surface area contributed by atoms with Crippen LogP contribution >= 0.6 is 0 Å². The lowest BCUT2D eigenvalue weighted by Gasteiger charge is -1.92. The van der Waals surface area contributed by atoms with Crippen molar-refractivity contribution in [3.8, 4) is 0 Å². The molecule has 2 aromatic rings. The highest BCUT2D eigenvalue weighted by Gasteiger charge is 2.08. The third-order valence-corrected chi connectivity index (χ3v) is 1.83. The van der Waals surface area contributed by atoms with Gasteiger partial charge in [-0.25, -0.2) is 14.8 Å². The molecular weight excluding hydrogens is 170 g/mol. The van der Waals surface area contributed by atoms with Crippen molar-refractivity contribution in [3.63, 3.8) is 0 Å². The van der Waals surface area contributed by atoms with Crippen LogP contribution < -0.4 is 0 Å². The molecule has 0 atom stereocenters. The van der Waals surface area contributed by atoms with Crippen LogP contribution in [0.1, 0.15) is 16.2 Å². The van der Waals surface area contributed by atoms with Crippen molar-refractivity contribution in [2.24, 2.45) is 0 Å². The first-order valence-corrected chi connectivity index (χ1v) is 3.72. The van der Waals surface area contributed by atoms with E-state index in [0.717, 1.165) is 10.9 Å². The fourth-order valence-electron chi connectivity index (χ4n) is 1.14. The number of aromatic carboxylic acids is 1. The van der Waals surface area contributed by atoms with Gasteiger partial charge < -0.3 is 10.1 Å². The number of hydrogen-bond donors (Lipinski definition) is 2. The van der Waals surface area contributed by atoms with Crippen LogP contribution in [0.5, 0.6) is 0 Å². The van der Waals surface area contributed by atoms with E-state index in [1.165, 1.54) is 6.20 Å². The fourth-order valence-corrected chi connectivity index (χ4v) is 1.14. The Hall–Kier alpha value is -1.91. The smallest absolute Gasteiger partial charge is 0.374 e. The van der Waals surface area contributed by atoms with Crippen molar-refractivity contribution in [1.82, 2.24) is 15.0 Å². The second-order valence-corrected chi connectivity index (χ2v) is 2.73. The zero-order chi connectivity index (χ0) is 9.42. The van der Waals surface area contributed by atoms with Crippen LogP contribution in [0, 0.1) is 6.92 Å². The molecule has 0 spiro atoms. The highest BCUT2D eigenvalue weighted by molar-refractivity contribution is 5.87. The molecule has 0 saturated carbocycles. The summed E-state index contributed by atoms with van der Waals surface area (Å²) >= 11 is 0. The summed E-state index contributed by atoms with van der Waals surface area (Å²) in [5.74, 6) is -1.30. The first-order chi connectivity index (χ1) is 6.18. The molecule has 2 heterocycles. The van der Waals surface area contributed by atoms with Crippen molar-refractivity contribution in [2.75, 3.05) is 0 Å². The maximum atomic E-state index is 10.5. The van der Waals surface area contributed by atoms with Crippen LogP contribution in [0.2, 0.25) is 0 Å². The number of hydrogen-bond acceptors (Lipinski definition) is 3. The van der Waals surface area contributed by atoms with Crippen LogP contribution in [0.3, 0.4) is 0 Å². The van der Waals surface area contributed by atoms with Crippen LogP contribution in [0.25, 0.3) is 11.0 Å². The Morgan fingerprint density at radius 3 is 3.08 bits per heavy atom. The Bertz CT molecular complexity index is 475. The van der Waals surface area contributed by atoms with E-state index in [9.17, 15) is 4.79 Å². The first-order valence-electron chi connectivity index (χ1n) is 3.72. The SMILES string of the molecule is Cc1c[nH]c2nc(C(=O)O)ncc12. The Morgan fingerprint density at radius 2 is 2.38 bits per heavy atom. The van der Waals surface area contributed by atoms with E-state index in [4.69, 9.17) is 5.11 Å². The van der Waals surface area contributed by atoms with Crippen molar-refractivity contribution < 1.29 is 9.90 Å². The number of H-pyrrole nitrogens is 1. The molecule has 0 amide bonds. The Morgan fingerprint density at radius 1 is 1.62 bits per heavy atom. The number of carboxylic acid groups (broad SMARTS) is 1. The topological polar surface area (TPSA) is 78.9 Å². The van der Waals surface area contributed by atoms with Gasteiger partial charge in [-0.1, -0.05) is 0 Å². The third kappa shape index (κ3) is 1.14. The number of rotatable bonds is 1. The number of aromatic amines is 1. The van der Waals surface area contributed by atoms with E-state index in [0.29, 0.717) is 5.65 Å². The first kappa shape index (κ1) is 7.72. The molecule has 0 bridgehead atoms. The van der Waals surface area contributed by atoms with Gasteiger partial charge in [0, 0.05) is 17.8 Å². The summed E-state index contributed by atoms with van der Waals surface area (Å²) in [4.78, 5) is 20.9. The van der Waals surface area contributed by atoms with Crippen molar-refractivity contribution >= 4 is 17.0 Å². The molecule has 2 aromatic heterocycles. The molecule has 0 aliphatic rings. The van der Waals surface area contributed by atoms with Gasteiger partial charge in [0.05, 0.1) is 0 Å². The largest absolute Gasteiger partial charge is 0.475 e. The van der Waals surface area contributed by atoms with Gasteiger partial charge in [0.2, 0.25) is 5.82 Å². The lowest BCUT2D eigenvalue weighted by Crippen LogP contribution is -2.03. The molecule has 0 fully saturated rings. The normalized spacial score (nSPS) is 10.5. The molecule has 5 heteroatoms. The molecule has 0 radical (unpaired) electrons. The average molecular weight is 177 g/mol. The molecule has 2 N–H and O–H groups in total. The minimum atomic E-state index is -1.12. The Kier molecular flexibility index (Phi) is 1.51. The standard InChI is InChI=1S/C8H7N3O2/c1-4-2-9-6-5(4)3-10-7(11-6)8(12)13/h2-3H,1H3,(H,12,13)(H,9,10,11). The van der Waals surface area contributed by atoms with Gasteiger partial charge >= 0.3 is 5.97 Å². The highest BCUT2D eigenvalue weighted by Crippen LogP contribution is 2.13.